The van der Waals surface area contributed by atoms with Gasteiger partial charge in [0.15, 0.2) is 0 Å². The van der Waals surface area contributed by atoms with Crippen LogP contribution >= 0.6 is 0 Å². The van der Waals surface area contributed by atoms with Gasteiger partial charge < -0.3 is 14.6 Å². The summed E-state index contributed by atoms with van der Waals surface area (Å²) in [6.07, 6.45) is -1.38. The number of ether oxygens (including phenoxy) is 2. The van der Waals surface area contributed by atoms with Gasteiger partial charge in [0.2, 0.25) is 6.10 Å². The highest BCUT2D eigenvalue weighted by atomic mass is 16.6. The first-order valence-electron chi connectivity index (χ1n) is 7.01. The molecule has 0 fully saturated rings. The van der Waals surface area contributed by atoms with Gasteiger partial charge in [0, 0.05) is 0 Å². The van der Waals surface area contributed by atoms with Crippen LogP contribution in [0.5, 0.6) is 5.75 Å². The van der Waals surface area contributed by atoms with Crippen LogP contribution in [0, 0.1) is 6.92 Å². The van der Waals surface area contributed by atoms with E-state index in [0.717, 1.165) is 10.9 Å². The zero-order chi connectivity index (χ0) is 17.1. The van der Waals surface area contributed by atoms with Crippen molar-refractivity contribution in [3.05, 3.63) is 53.6 Å². The quantitative estimate of drug-likeness (QED) is 0.677. The van der Waals surface area contributed by atoms with Crippen LogP contribution in [0.3, 0.4) is 0 Å². The third kappa shape index (κ3) is 3.34. The van der Waals surface area contributed by atoms with Gasteiger partial charge in [-0.25, -0.2) is 9.59 Å². The summed E-state index contributed by atoms with van der Waals surface area (Å²) in [5, 5.41) is 10.7. The number of hydrogen-bond donors (Lipinski definition) is 1. The largest absolute Gasteiger partial charge is 0.497 e. The fourth-order valence-corrected chi connectivity index (χ4v) is 2.33. The van der Waals surface area contributed by atoms with Gasteiger partial charge in [-0.1, -0.05) is 24.8 Å². The normalized spacial score (nSPS) is 11.8. The lowest BCUT2D eigenvalue weighted by Gasteiger charge is -2.15. The molecule has 2 aromatic carbocycles. The molecule has 0 amide bonds. The summed E-state index contributed by atoms with van der Waals surface area (Å²) < 4.78 is 10.3. The summed E-state index contributed by atoms with van der Waals surface area (Å²) in [7, 11) is 1.50. The number of esters is 1. The Morgan fingerprint density at radius 1 is 1.22 bits per heavy atom. The lowest BCUT2D eigenvalue weighted by Crippen LogP contribution is -2.28. The van der Waals surface area contributed by atoms with Crippen LogP contribution < -0.4 is 4.74 Å². The minimum absolute atomic E-state index is 0.245. The van der Waals surface area contributed by atoms with E-state index in [2.05, 4.69) is 6.58 Å². The zero-order valence-corrected chi connectivity index (χ0v) is 13.3. The highest BCUT2D eigenvalue weighted by Gasteiger charge is 2.25. The number of carbonyl (C=O) groups is 2. The van der Waals surface area contributed by atoms with Gasteiger partial charge in [-0.15, -0.1) is 0 Å². The number of benzene rings is 2. The van der Waals surface area contributed by atoms with Crippen molar-refractivity contribution in [2.45, 2.75) is 20.0 Å². The molecule has 2 rings (SSSR count). The Kier molecular flexibility index (Phi) is 4.69. The number of aryl methyl sites for hydroxylation is 1. The Morgan fingerprint density at radius 3 is 2.48 bits per heavy atom. The number of hydrogen-bond acceptors (Lipinski definition) is 4. The molecular formula is C18H18O5. The highest BCUT2D eigenvalue weighted by Crippen LogP contribution is 2.28. The maximum atomic E-state index is 12.5. The third-order valence-electron chi connectivity index (χ3n) is 3.54. The monoisotopic (exact) mass is 314 g/mol. The summed E-state index contributed by atoms with van der Waals surface area (Å²) in [4.78, 5) is 23.7. The fourth-order valence-electron chi connectivity index (χ4n) is 2.33. The number of carboxylic acids is 1. The molecule has 1 N–H and O–H groups in total. The van der Waals surface area contributed by atoms with E-state index in [1.54, 1.807) is 12.1 Å². The zero-order valence-electron chi connectivity index (χ0n) is 13.3. The molecular weight excluding hydrogens is 296 g/mol. The van der Waals surface area contributed by atoms with Crippen LogP contribution in [0.1, 0.15) is 22.8 Å². The van der Waals surface area contributed by atoms with Gasteiger partial charge in [0.1, 0.15) is 5.75 Å². The van der Waals surface area contributed by atoms with Crippen LogP contribution in [0.15, 0.2) is 42.5 Å². The van der Waals surface area contributed by atoms with E-state index >= 15 is 0 Å². The lowest BCUT2D eigenvalue weighted by atomic mass is 10.00. The van der Waals surface area contributed by atoms with E-state index in [-0.39, 0.29) is 11.1 Å². The van der Waals surface area contributed by atoms with Gasteiger partial charge in [-0.3, -0.25) is 0 Å². The number of carboxylic acid groups (broad SMARTS) is 1. The number of fused-ring (bicyclic) bond motifs is 1. The second kappa shape index (κ2) is 6.52. The molecule has 0 bridgehead atoms. The predicted molar refractivity (Wildman–Crippen MR) is 86.9 cm³/mol. The molecule has 0 heterocycles. The molecule has 0 radical (unpaired) electrons. The van der Waals surface area contributed by atoms with Gasteiger partial charge in [0.25, 0.3) is 0 Å². The maximum Gasteiger partial charge on any atom is 0.349 e. The first kappa shape index (κ1) is 16.5. The van der Waals surface area contributed by atoms with Gasteiger partial charge >= 0.3 is 11.9 Å². The second-order valence-corrected chi connectivity index (χ2v) is 5.31. The molecule has 0 aliphatic carbocycles. The summed E-state index contributed by atoms with van der Waals surface area (Å²) >= 11 is 0. The number of rotatable bonds is 5. The molecule has 0 spiro atoms. The molecule has 120 valence electrons. The molecule has 0 saturated heterocycles. The molecule has 0 aliphatic rings. The van der Waals surface area contributed by atoms with Crippen LogP contribution in [0.4, 0.5) is 0 Å². The van der Waals surface area contributed by atoms with E-state index < -0.39 is 18.0 Å². The summed E-state index contributed by atoms with van der Waals surface area (Å²) in [6, 6.07) is 8.91. The molecule has 23 heavy (non-hydrogen) atoms. The number of aliphatic carboxylic acids is 1. The van der Waals surface area contributed by atoms with Crippen LogP contribution in [0.2, 0.25) is 0 Å². The van der Waals surface area contributed by atoms with Crippen LogP contribution in [-0.2, 0) is 9.53 Å². The molecule has 5 nitrogen and oxygen atoms in total. The van der Waals surface area contributed by atoms with Crippen molar-refractivity contribution >= 4 is 22.7 Å². The minimum Gasteiger partial charge on any atom is -0.497 e. The maximum absolute atomic E-state index is 12.5. The number of carbonyl (C=O) groups excluding carboxylic acids is 1. The summed E-state index contributed by atoms with van der Waals surface area (Å²) in [5.74, 6) is -1.48. The fraction of sp³-hybridized carbons (Fsp3) is 0.222. The highest BCUT2D eigenvalue weighted by molar-refractivity contribution is 6.06. The molecule has 2 aromatic rings. The van der Waals surface area contributed by atoms with Crippen molar-refractivity contribution in [3.63, 3.8) is 0 Å². The number of methoxy groups -OCH3 is 1. The Morgan fingerprint density at radius 2 is 1.91 bits per heavy atom. The Labute approximate surface area is 134 Å². The van der Waals surface area contributed by atoms with Gasteiger partial charge in [-0.2, -0.15) is 0 Å². The molecule has 0 aromatic heterocycles. The van der Waals surface area contributed by atoms with Crippen molar-refractivity contribution in [1.82, 2.24) is 0 Å². The average Bonchev–Trinajstić information content (AvgIpc) is 2.51. The summed E-state index contributed by atoms with van der Waals surface area (Å²) in [6.45, 7) is 6.97. The van der Waals surface area contributed by atoms with Gasteiger partial charge in [0.05, 0.1) is 12.7 Å². The van der Waals surface area contributed by atoms with Crippen molar-refractivity contribution in [3.8, 4) is 5.75 Å². The Bertz CT molecular complexity index is 777. The van der Waals surface area contributed by atoms with E-state index in [0.29, 0.717) is 11.1 Å². The van der Waals surface area contributed by atoms with E-state index in [9.17, 15) is 9.59 Å². The van der Waals surface area contributed by atoms with Crippen molar-refractivity contribution in [2.75, 3.05) is 7.11 Å². The Balaban J connectivity index is 2.53. The first-order chi connectivity index (χ1) is 10.8. The van der Waals surface area contributed by atoms with Crippen molar-refractivity contribution in [1.29, 1.82) is 0 Å². The van der Waals surface area contributed by atoms with Crippen LogP contribution in [-0.4, -0.2) is 30.3 Å². The van der Waals surface area contributed by atoms with E-state index in [4.69, 9.17) is 14.6 Å². The standard InChI is InChI=1S/C18H18O5/c1-10(2)16(17(19)20)23-18(21)15-9-12(22-4)8-14-11(3)6-5-7-13(14)15/h5-9,16H,1H2,2-4H3,(H,19,20)/t16-/m0/s1. The summed E-state index contributed by atoms with van der Waals surface area (Å²) in [5.41, 5.74) is 1.48. The third-order valence-corrected chi connectivity index (χ3v) is 3.54. The molecule has 0 saturated carbocycles. The van der Waals surface area contributed by atoms with Crippen molar-refractivity contribution in [2.24, 2.45) is 0 Å². The van der Waals surface area contributed by atoms with E-state index in [1.165, 1.54) is 14.0 Å². The smallest absolute Gasteiger partial charge is 0.349 e. The van der Waals surface area contributed by atoms with E-state index in [1.807, 2.05) is 25.1 Å². The minimum atomic E-state index is -1.38. The second-order valence-electron chi connectivity index (χ2n) is 5.31. The molecule has 0 unspecified atom stereocenters. The Hall–Kier alpha value is -2.82. The molecule has 1 atom stereocenters. The molecule has 0 aliphatic heterocycles. The van der Waals surface area contributed by atoms with Crippen LogP contribution in [0.25, 0.3) is 10.8 Å². The molecule has 5 heteroatoms. The topological polar surface area (TPSA) is 72.8 Å². The predicted octanol–water partition coefficient (Wildman–Crippen LogP) is 3.34. The van der Waals surface area contributed by atoms with Gasteiger partial charge in [-0.05, 0) is 47.9 Å². The van der Waals surface area contributed by atoms with Crippen molar-refractivity contribution < 1.29 is 24.2 Å². The SMILES string of the molecule is C=C(C)[C@H](OC(=O)c1cc(OC)cc2c(C)cccc12)C(=O)O. The average molecular weight is 314 g/mol. The lowest BCUT2D eigenvalue weighted by molar-refractivity contribution is -0.145. The first-order valence-corrected chi connectivity index (χ1v) is 7.01.